The van der Waals surface area contributed by atoms with Crippen LogP contribution >= 0.6 is 0 Å². The van der Waals surface area contributed by atoms with Crippen LogP contribution in [0.1, 0.15) is 70.1 Å². The molecular formula is C26H35N5O3. The van der Waals surface area contributed by atoms with Crippen molar-refractivity contribution in [3.05, 3.63) is 41.9 Å². The van der Waals surface area contributed by atoms with E-state index in [4.69, 9.17) is 15.0 Å². The van der Waals surface area contributed by atoms with Crippen molar-refractivity contribution < 1.29 is 14.6 Å². The summed E-state index contributed by atoms with van der Waals surface area (Å²) in [6, 6.07) is 7.88. The van der Waals surface area contributed by atoms with Crippen LogP contribution in [0.5, 0.6) is 0 Å². The SMILES string of the molecule is COC1CCC(N(CC(C)C)c2ncc(C(C)CC(=O)O)cc2Nc2ccc(C#N)nc2)CC1. The van der Waals surface area contributed by atoms with Crippen molar-refractivity contribution in [1.82, 2.24) is 9.97 Å². The topological polar surface area (TPSA) is 111 Å². The van der Waals surface area contributed by atoms with Gasteiger partial charge in [-0.05, 0) is 61.3 Å². The number of hydrogen-bond acceptors (Lipinski definition) is 7. The minimum Gasteiger partial charge on any atom is -0.481 e. The summed E-state index contributed by atoms with van der Waals surface area (Å²) in [5.74, 6) is 0.287. The first-order valence-corrected chi connectivity index (χ1v) is 11.9. The number of nitrogens with one attached hydrogen (secondary N) is 1. The van der Waals surface area contributed by atoms with Crippen LogP contribution < -0.4 is 10.2 Å². The van der Waals surface area contributed by atoms with Gasteiger partial charge in [0.15, 0.2) is 5.82 Å². The summed E-state index contributed by atoms with van der Waals surface area (Å²) in [5.41, 5.74) is 2.78. The van der Waals surface area contributed by atoms with Crippen molar-refractivity contribution in [2.75, 3.05) is 23.9 Å². The molecule has 8 heteroatoms. The lowest BCUT2D eigenvalue weighted by atomic mass is 9.91. The molecule has 1 aliphatic carbocycles. The largest absolute Gasteiger partial charge is 0.481 e. The van der Waals surface area contributed by atoms with Gasteiger partial charge in [-0.3, -0.25) is 4.79 Å². The summed E-state index contributed by atoms with van der Waals surface area (Å²) < 4.78 is 5.58. The average Bonchev–Trinajstić information content (AvgIpc) is 2.82. The standard InChI is InChI=1S/C26H35N5O3/c1-17(2)16-31(22-7-9-23(34-4)10-8-22)26-24(30-21-6-5-20(13-27)28-15-21)12-19(14-29-26)18(3)11-25(32)33/h5-6,12,14-15,17-18,22-23,30H,7-11,16H2,1-4H3,(H,32,33). The first-order valence-electron chi connectivity index (χ1n) is 11.9. The van der Waals surface area contributed by atoms with Crippen molar-refractivity contribution in [1.29, 1.82) is 5.26 Å². The van der Waals surface area contributed by atoms with Gasteiger partial charge in [0.25, 0.3) is 0 Å². The summed E-state index contributed by atoms with van der Waals surface area (Å²) >= 11 is 0. The molecule has 0 bridgehead atoms. The maximum Gasteiger partial charge on any atom is 0.303 e. The van der Waals surface area contributed by atoms with E-state index >= 15 is 0 Å². The summed E-state index contributed by atoms with van der Waals surface area (Å²) in [6.45, 7) is 7.17. The van der Waals surface area contributed by atoms with Crippen LogP contribution in [0.3, 0.4) is 0 Å². The first-order chi connectivity index (χ1) is 16.3. The molecule has 8 nitrogen and oxygen atoms in total. The molecule has 34 heavy (non-hydrogen) atoms. The number of carboxylic acids is 1. The molecule has 1 unspecified atom stereocenters. The van der Waals surface area contributed by atoms with Crippen LogP contribution in [0, 0.1) is 17.2 Å². The van der Waals surface area contributed by atoms with Crippen LogP contribution in [0.4, 0.5) is 17.2 Å². The van der Waals surface area contributed by atoms with Gasteiger partial charge in [0, 0.05) is 25.9 Å². The Balaban J connectivity index is 1.99. The molecule has 2 aromatic rings. The molecule has 3 rings (SSSR count). The van der Waals surface area contributed by atoms with E-state index in [0.717, 1.165) is 55.0 Å². The zero-order chi connectivity index (χ0) is 24.7. The van der Waals surface area contributed by atoms with Crippen LogP contribution in [0.15, 0.2) is 30.6 Å². The fourth-order valence-electron chi connectivity index (χ4n) is 4.53. The molecule has 2 aromatic heterocycles. The van der Waals surface area contributed by atoms with Crippen LogP contribution in [-0.4, -0.2) is 46.8 Å². The lowest BCUT2D eigenvalue weighted by Crippen LogP contribution is -2.42. The predicted molar refractivity (Wildman–Crippen MR) is 132 cm³/mol. The van der Waals surface area contributed by atoms with Crippen molar-refractivity contribution >= 4 is 23.2 Å². The van der Waals surface area contributed by atoms with Crippen molar-refractivity contribution in [3.63, 3.8) is 0 Å². The van der Waals surface area contributed by atoms with Gasteiger partial charge >= 0.3 is 5.97 Å². The van der Waals surface area contributed by atoms with E-state index in [-0.39, 0.29) is 12.3 Å². The molecule has 1 saturated carbocycles. The summed E-state index contributed by atoms with van der Waals surface area (Å²) in [7, 11) is 1.78. The van der Waals surface area contributed by atoms with Crippen LogP contribution in [-0.2, 0) is 9.53 Å². The number of pyridine rings is 2. The quantitative estimate of drug-likeness (QED) is 0.499. The van der Waals surface area contributed by atoms with Gasteiger partial charge in [0.05, 0.1) is 30.1 Å². The van der Waals surface area contributed by atoms with E-state index in [9.17, 15) is 9.90 Å². The molecule has 2 N–H and O–H groups in total. The average molecular weight is 466 g/mol. The van der Waals surface area contributed by atoms with E-state index in [1.807, 2.05) is 25.1 Å². The third kappa shape index (κ3) is 6.67. The van der Waals surface area contributed by atoms with E-state index in [0.29, 0.717) is 23.8 Å². The second kappa shape index (κ2) is 11.8. The highest BCUT2D eigenvalue weighted by molar-refractivity contribution is 5.74. The van der Waals surface area contributed by atoms with E-state index in [1.54, 1.807) is 25.6 Å². The highest BCUT2D eigenvalue weighted by Crippen LogP contribution is 2.35. The molecule has 1 aliphatic rings. The van der Waals surface area contributed by atoms with Gasteiger partial charge < -0.3 is 20.1 Å². The highest BCUT2D eigenvalue weighted by Gasteiger charge is 2.29. The van der Waals surface area contributed by atoms with E-state index in [1.165, 1.54) is 0 Å². The highest BCUT2D eigenvalue weighted by atomic mass is 16.5. The number of aliphatic carboxylic acids is 1. The molecule has 1 fully saturated rings. The Morgan fingerprint density at radius 1 is 1.24 bits per heavy atom. The van der Waals surface area contributed by atoms with Crippen molar-refractivity contribution in [3.8, 4) is 6.07 Å². The third-order valence-corrected chi connectivity index (χ3v) is 6.35. The molecule has 0 spiro atoms. The molecular weight excluding hydrogens is 430 g/mol. The van der Waals surface area contributed by atoms with Gasteiger partial charge in [0.1, 0.15) is 11.8 Å². The fourth-order valence-corrected chi connectivity index (χ4v) is 4.53. The lowest BCUT2D eigenvalue weighted by Gasteiger charge is -2.39. The van der Waals surface area contributed by atoms with E-state index in [2.05, 4.69) is 29.0 Å². The number of methoxy groups -OCH3 is 1. The van der Waals surface area contributed by atoms with Gasteiger partial charge in [0.2, 0.25) is 0 Å². The Kier molecular flexibility index (Phi) is 8.83. The number of anilines is 3. The number of nitrogens with zero attached hydrogens (tertiary/aromatic N) is 4. The smallest absolute Gasteiger partial charge is 0.303 e. The minimum absolute atomic E-state index is 0.0373. The maximum atomic E-state index is 11.3. The third-order valence-electron chi connectivity index (χ3n) is 6.35. The summed E-state index contributed by atoms with van der Waals surface area (Å²) in [5, 5.41) is 21.8. The molecule has 0 aliphatic heterocycles. The Morgan fingerprint density at radius 2 is 1.97 bits per heavy atom. The Morgan fingerprint density at radius 3 is 2.53 bits per heavy atom. The zero-order valence-electron chi connectivity index (χ0n) is 20.5. The van der Waals surface area contributed by atoms with Crippen molar-refractivity contribution in [2.45, 2.75) is 70.9 Å². The van der Waals surface area contributed by atoms with Gasteiger partial charge in [-0.25, -0.2) is 9.97 Å². The fraction of sp³-hybridized carbons (Fsp3) is 0.538. The molecule has 0 aromatic carbocycles. The predicted octanol–water partition coefficient (Wildman–Crippen LogP) is 5.09. The Hall–Kier alpha value is -3.18. The van der Waals surface area contributed by atoms with Crippen molar-refractivity contribution in [2.24, 2.45) is 5.92 Å². The number of ether oxygens (including phenoxy) is 1. The molecule has 182 valence electrons. The van der Waals surface area contributed by atoms with Gasteiger partial charge in [-0.2, -0.15) is 5.26 Å². The molecule has 0 amide bonds. The Labute approximate surface area is 202 Å². The second-order valence-corrected chi connectivity index (χ2v) is 9.52. The van der Waals surface area contributed by atoms with Gasteiger partial charge in [-0.1, -0.05) is 20.8 Å². The maximum absolute atomic E-state index is 11.3. The number of aromatic nitrogens is 2. The minimum atomic E-state index is -0.835. The number of rotatable bonds is 10. The number of carbonyl (C=O) groups is 1. The second-order valence-electron chi connectivity index (χ2n) is 9.52. The lowest BCUT2D eigenvalue weighted by molar-refractivity contribution is -0.137. The first kappa shape index (κ1) is 25.4. The summed E-state index contributed by atoms with van der Waals surface area (Å²) in [4.78, 5) is 22.7. The van der Waals surface area contributed by atoms with Crippen LogP contribution in [0.25, 0.3) is 0 Å². The van der Waals surface area contributed by atoms with E-state index < -0.39 is 5.97 Å². The van der Waals surface area contributed by atoms with Gasteiger partial charge in [-0.15, -0.1) is 0 Å². The summed E-state index contributed by atoms with van der Waals surface area (Å²) in [6.07, 6.45) is 7.88. The normalized spacial score (nSPS) is 18.8. The number of nitriles is 1. The molecule has 1 atom stereocenters. The monoisotopic (exact) mass is 465 g/mol. The molecule has 2 heterocycles. The molecule has 0 saturated heterocycles. The number of carboxylic acid groups (broad SMARTS) is 1. The Bertz CT molecular complexity index is 994. The number of hydrogen-bond donors (Lipinski definition) is 2. The van der Waals surface area contributed by atoms with Crippen LogP contribution in [0.2, 0.25) is 0 Å². The molecule has 0 radical (unpaired) electrons. The zero-order valence-corrected chi connectivity index (χ0v) is 20.5.